The van der Waals surface area contributed by atoms with Crippen LogP contribution in [0.25, 0.3) is 0 Å². The monoisotopic (exact) mass is 455 g/mol. The minimum absolute atomic E-state index is 0.0379. The summed E-state index contributed by atoms with van der Waals surface area (Å²) >= 11 is 4.06. The molecule has 17 heavy (non-hydrogen) atoms. The molecule has 2 rings (SSSR count). The van der Waals surface area contributed by atoms with E-state index in [4.69, 9.17) is 10.5 Å². The first kappa shape index (κ1) is 12.6. The van der Waals surface area contributed by atoms with Crippen molar-refractivity contribution in [3.63, 3.8) is 0 Å². The van der Waals surface area contributed by atoms with Gasteiger partial charge in [-0.25, -0.2) is 0 Å². The second kappa shape index (κ2) is 5.21. The second-order valence-electron chi connectivity index (χ2n) is 3.13. The molecule has 0 aliphatic heterocycles. The number of nitrogen functional groups attached to an aromatic ring is 1. The fraction of sp³-hybridized carbons (Fsp3) is 0. The predicted octanol–water partition coefficient (Wildman–Crippen LogP) is 2.35. The van der Waals surface area contributed by atoms with E-state index in [9.17, 15) is 4.79 Å². The van der Waals surface area contributed by atoms with E-state index in [0.717, 1.165) is 3.57 Å². The third-order valence-corrected chi connectivity index (χ3v) is 3.55. The number of H-pyrrole nitrogens is 1. The van der Waals surface area contributed by atoms with Crippen LogP contribution in [0.3, 0.4) is 0 Å². The number of anilines is 1. The van der Waals surface area contributed by atoms with Crippen LogP contribution in [-0.4, -0.2) is 9.97 Å². The zero-order chi connectivity index (χ0) is 12.4. The second-order valence-corrected chi connectivity index (χ2v) is 5.45. The van der Waals surface area contributed by atoms with Gasteiger partial charge in [0.15, 0.2) is 0 Å². The summed E-state index contributed by atoms with van der Waals surface area (Å²) < 4.78 is 6.97. The topological polar surface area (TPSA) is 81.0 Å². The predicted molar refractivity (Wildman–Crippen MR) is 81.2 cm³/mol. The average Bonchev–Trinajstić information content (AvgIpc) is 2.28. The van der Waals surface area contributed by atoms with Crippen molar-refractivity contribution in [2.45, 2.75) is 0 Å². The largest absolute Gasteiger partial charge is 0.438 e. The number of benzene rings is 1. The maximum atomic E-state index is 11.4. The van der Waals surface area contributed by atoms with Gasteiger partial charge in [-0.1, -0.05) is 0 Å². The van der Waals surface area contributed by atoms with Crippen LogP contribution in [-0.2, 0) is 0 Å². The highest BCUT2D eigenvalue weighted by Gasteiger charge is 2.09. The SMILES string of the molecule is Nc1nc(Oc2ccc(I)cc2)c(I)c(=O)[nH]1. The molecule has 5 nitrogen and oxygen atoms in total. The van der Waals surface area contributed by atoms with Crippen LogP contribution >= 0.6 is 45.2 Å². The number of aromatic nitrogens is 2. The van der Waals surface area contributed by atoms with E-state index in [1.165, 1.54) is 0 Å². The van der Waals surface area contributed by atoms with E-state index < -0.39 is 0 Å². The molecule has 0 amide bonds. The number of aromatic amines is 1. The van der Waals surface area contributed by atoms with Gasteiger partial charge >= 0.3 is 0 Å². The molecule has 0 saturated heterocycles. The fourth-order valence-corrected chi connectivity index (χ4v) is 1.86. The third kappa shape index (κ3) is 3.09. The summed E-state index contributed by atoms with van der Waals surface area (Å²) in [4.78, 5) is 17.8. The average molecular weight is 455 g/mol. The summed E-state index contributed by atoms with van der Waals surface area (Å²) in [6.45, 7) is 0. The van der Waals surface area contributed by atoms with E-state index in [-0.39, 0.29) is 17.4 Å². The van der Waals surface area contributed by atoms with Gasteiger partial charge in [-0.3, -0.25) is 9.78 Å². The number of hydrogen-bond donors (Lipinski definition) is 2. The summed E-state index contributed by atoms with van der Waals surface area (Å²) in [7, 11) is 0. The van der Waals surface area contributed by atoms with Gasteiger partial charge in [0.05, 0.1) is 0 Å². The molecule has 0 aliphatic carbocycles. The van der Waals surface area contributed by atoms with Crippen molar-refractivity contribution in [2.75, 3.05) is 5.73 Å². The van der Waals surface area contributed by atoms with Crippen LogP contribution in [0.4, 0.5) is 5.95 Å². The summed E-state index contributed by atoms with van der Waals surface area (Å²) in [5.41, 5.74) is 5.15. The molecular formula is C10H7I2N3O2. The van der Waals surface area contributed by atoms with Crippen molar-refractivity contribution >= 4 is 51.1 Å². The minimum atomic E-state index is -0.307. The Kier molecular flexibility index (Phi) is 3.86. The molecule has 1 aromatic carbocycles. The van der Waals surface area contributed by atoms with Crippen molar-refractivity contribution in [1.82, 2.24) is 9.97 Å². The quantitative estimate of drug-likeness (QED) is 0.682. The lowest BCUT2D eigenvalue weighted by Crippen LogP contribution is -2.15. The molecule has 1 heterocycles. The van der Waals surface area contributed by atoms with E-state index in [2.05, 4.69) is 32.6 Å². The first-order valence-electron chi connectivity index (χ1n) is 4.55. The number of halogens is 2. The van der Waals surface area contributed by atoms with Gasteiger partial charge in [-0.05, 0) is 69.4 Å². The summed E-state index contributed by atoms with van der Waals surface area (Å²) in [6.07, 6.45) is 0. The van der Waals surface area contributed by atoms with Crippen LogP contribution in [0.1, 0.15) is 0 Å². The van der Waals surface area contributed by atoms with E-state index in [1.54, 1.807) is 12.1 Å². The highest BCUT2D eigenvalue weighted by atomic mass is 127. The highest BCUT2D eigenvalue weighted by Crippen LogP contribution is 2.23. The summed E-state index contributed by atoms with van der Waals surface area (Å²) in [5.74, 6) is 0.866. The molecule has 7 heteroatoms. The van der Waals surface area contributed by atoms with Crippen LogP contribution in [0.2, 0.25) is 0 Å². The van der Waals surface area contributed by atoms with Crippen LogP contribution in [0.15, 0.2) is 29.1 Å². The number of nitrogens with one attached hydrogen (secondary N) is 1. The Hall–Kier alpha value is -0.840. The van der Waals surface area contributed by atoms with Gasteiger partial charge in [-0.2, -0.15) is 4.98 Å². The maximum Gasteiger partial charge on any atom is 0.269 e. The highest BCUT2D eigenvalue weighted by molar-refractivity contribution is 14.1. The normalized spacial score (nSPS) is 10.2. The summed E-state index contributed by atoms with van der Waals surface area (Å²) in [6, 6.07) is 7.41. The van der Waals surface area contributed by atoms with Gasteiger partial charge in [0.1, 0.15) is 9.32 Å². The van der Waals surface area contributed by atoms with Crippen LogP contribution in [0, 0.1) is 7.14 Å². The van der Waals surface area contributed by atoms with Crippen LogP contribution in [0.5, 0.6) is 11.6 Å². The van der Waals surface area contributed by atoms with Crippen molar-refractivity contribution in [3.8, 4) is 11.6 Å². The zero-order valence-corrected chi connectivity index (χ0v) is 12.7. The number of ether oxygens (including phenoxy) is 1. The molecule has 0 fully saturated rings. The van der Waals surface area contributed by atoms with Gasteiger partial charge in [0.25, 0.3) is 5.56 Å². The van der Waals surface area contributed by atoms with Crippen molar-refractivity contribution in [3.05, 3.63) is 41.8 Å². The zero-order valence-electron chi connectivity index (χ0n) is 8.41. The molecular weight excluding hydrogens is 448 g/mol. The Morgan fingerprint density at radius 3 is 2.53 bits per heavy atom. The molecule has 0 bridgehead atoms. The lowest BCUT2D eigenvalue weighted by atomic mass is 10.3. The standard InChI is InChI=1S/C10H7I2N3O2/c11-5-1-3-6(4-2-5)17-9-7(12)8(16)14-10(13)15-9/h1-4H,(H3,13,14,15,16). The molecule has 0 saturated carbocycles. The first-order chi connectivity index (χ1) is 8.06. The molecule has 0 atom stereocenters. The lowest BCUT2D eigenvalue weighted by Gasteiger charge is -2.06. The molecule has 0 unspecified atom stereocenters. The fourth-order valence-electron chi connectivity index (χ4n) is 1.14. The Bertz CT molecular complexity index is 595. The molecule has 88 valence electrons. The molecule has 0 radical (unpaired) electrons. The summed E-state index contributed by atoms with van der Waals surface area (Å²) in [5, 5.41) is 0. The van der Waals surface area contributed by atoms with Crippen molar-refractivity contribution in [2.24, 2.45) is 0 Å². The Balaban J connectivity index is 2.36. The minimum Gasteiger partial charge on any atom is -0.438 e. The first-order valence-corrected chi connectivity index (χ1v) is 6.71. The van der Waals surface area contributed by atoms with Gasteiger partial charge in [-0.15, -0.1) is 0 Å². The Morgan fingerprint density at radius 2 is 1.88 bits per heavy atom. The van der Waals surface area contributed by atoms with Crippen molar-refractivity contribution in [1.29, 1.82) is 0 Å². The number of nitrogens with two attached hydrogens (primary N) is 1. The molecule has 3 N–H and O–H groups in total. The molecule has 0 spiro atoms. The number of hydrogen-bond acceptors (Lipinski definition) is 4. The van der Waals surface area contributed by atoms with Gasteiger partial charge < -0.3 is 10.5 Å². The molecule has 0 aliphatic rings. The van der Waals surface area contributed by atoms with Crippen LogP contribution < -0.4 is 16.0 Å². The maximum absolute atomic E-state index is 11.4. The van der Waals surface area contributed by atoms with Crippen molar-refractivity contribution < 1.29 is 4.74 Å². The number of rotatable bonds is 2. The van der Waals surface area contributed by atoms with E-state index >= 15 is 0 Å². The Morgan fingerprint density at radius 1 is 1.24 bits per heavy atom. The third-order valence-electron chi connectivity index (χ3n) is 1.88. The number of nitrogens with zero attached hydrogens (tertiary/aromatic N) is 1. The van der Waals surface area contributed by atoms with E-state index in [0.29, 0.717) is 9.32 Å². The Labute approximate surface area is 124 Å². The molecule has 2 aromatic rings. The molecule has 1 aromatic heterocycles. The van der Waals surface area contributed by atoms with E-state index in [1.807, 2.05) is 34.7 Å². The van der Waals surface area contributed by atoms with Gasteiger partial charge in [0.2, 0.25) is 11.8 Å². The smallest absolute Gasteiger partial charge is 0.269 e. The lowest BCUT2D eigenvalue weighted by molar-refractivity contribution is 0.457. The van der Waals surface area contributed by atoms with Gasteiger partial charge in [0, 0.05) is 3.57 Å².